The summed E-state index contributed by atoms with van der Waals surface area (Å²) in [6.07, 6.45) is 12.0. The van der Waals surface area contributed by atoms with Crippen LogP contribution in [0.4, 0.5) is 0 Å². The summed E-state index contributed by atoms with van der Waals surface area (Å²) in [5.41, 5.74) is 3.27. The Morgan fingerprint density at radius 2 is 1.63 bits per heavy atom. The van der Waals surface area contributed by atoms with Crippen molar-refractivity contribution in [3.8, 4) is 0 Å². The maximum Gasteiger partial charge on any atom is 0.0389 e. The zero-order valence-electron chi connectivity index (χ0n) is 13.4. The van der Waals surface area contributed by atoms with Gasteiger partial charge in [-0.15, -0.1) is 0 Å². The van der Waals surface area contributed by atoms with E-state index in [4.69, 9.17) is 5.84 Å². The van der Waals surface area contributed by atoms with Gasteiger partial charge < -0.3 is 0 Å². The van der Waals surface area contributed by atoms with Crippen LogP contribution in [0.2, 0.25) is 0 Å². The summed E-state index contributed by atoms with van der Waals surface area (Å²) in [5.74, 6) is 5.81. The standard InChI is InChI=1S/C16H35N3/c1-4-5-6-7-8-9-12-15(18-17)16(2,3)19-13-10-11-14-19/h15,18H,4-14,17H2,1-3H3. The van der Waals surface area contributed by atoms with E-state index in [0.29, 0.717) is 6.04 Å². The molecular formula is C16H35N3. The van der Waals surface area contributed by atoms with Gasteiger partial charge in [0.25, 0.3) is 0 Å². The van der Waals surface area contributed by atoms with Gasteiger partial charge in [0.05, 0.1) is 0 Å². The van der Waals surface area contributed by atoms with Gasteiger partial charge >= 0.3 is 0 Å². The first-order valence-corrected chi connectivity index (χ1v) is 8.34. The highest BCUT2D eigenvalue weighted by molar-refractivity contribution is 4.94. The molecule has 114 valence electrons. The van der Waals surface area contributed by atoms with Gasteiger partial charge in [-0.1, -0.05) is 45.4 Å². The minimum absolute atomic E-state index is 0.189. The SMILES string of the molecule is CCCCCCCCC(NN)C(C)(C)N1CCCC1. The van der Waals surface area contributed by atoms with Crippen molar-refractivity contribution < 1.29 is 0 Å². The van der Waals surface area contributed by atoms with Crippen LogP contribution in [0, 0.1) is 0 Å². The first-order valence-electron chi connectivity index (χ1n) is 8.34. The molecule has 0 radical (unpaired) electrons. The molecule has 0 aliphatic carbocycles. The molecule has 1 aliphatic heterocycles. The third kappa shape index (κ3) is 5.41. The molecule has 1 atom stereocenters. The number of likely N-dealkylation sites (tertiary alicyclic amines) is 1. The number of hydrogen-bond donors (Lipinski definition) is 2. The highest BCUT2D eigenvalue weighted by atomic mass is 15.3. The Balaban J connectivity index is 2.27. The van der Waals surface area contributed by atoms with Crippen LogP contribution in [-0.2, 0) is 0 Å². The molecule has 0 aromatic rings. The van der Waals surface area contributed by atoms with Crippen molar-refractivity contribution in [3.05, 3.63) is 0 Å². The number of nitrogens with zero attached hydrogens (tertiary/aromatic N) is 1. The van der Waals surface area contributed by atoms with E-state index in [2.05, 4.69) is 31.1 Å². The van der Waals surface area contributed by atoms with Gasteiger partial charge in [0.2, 0.25) is 0 Å². The number of nitrogens with two attached hydrogens (primary N) is 1. The summed E-state index contributed by atoms with van der Waals surface area (Å²) in [7, 11) is 0. The molecule has 1 fully saturated rings. The maximum atomic E-state index is 5.81. The van der Waals surface area contributed by atoms with Crippen LogP contribution in [0.1, 0.15) is 78.6 Å². The van der Waals surface area contributed by atoms with Gasteiger partial charge in [0.15, 0.2) is 0 Å². The minimum atomic E-state index is 0.189. The van der Waals surface area contributed by atoms with Crippen molar-refractivity contribution in [2.24, 2.45) is 5.84 Å². The number of rotatable bonds is 10. The molecule has 0 spiro atoms. The van der Waals surface area contributed by atoms with Crippen LogP contribution in [0.5, 0.6) is 0 Å². The predicted molar refractivity (Wildman–Crippen MR) is 84.0 cm³/mol. The van der Waals surface area contributed by atoms with Gasteiger partial charge in [0, 0.05) is 11.6 Å². The van der Waals surface area contributed by atoms with Gasteiger partial charge in [0.1, 0.15) is 0 Å². The second-order valence-electron chi connectivity index (χ2n) is 6.62. The second kappa shape index (κ2) is 8.93. The van der Waals surface area contributed by atoms with E-state index < -0.39 is 0 Å². The van der Waals surface area contributed by atoms with E-state index in [1.165, 1.54) is 70.9 Å². The first kappa shape index (κ1) is 16.9. The summed E-state index contributed by atoms with van der Waals surface area (Å²) in [5, 5.41) is 0. The smallest absolute Gasteiger partial charge is 0.0389 e. The molecule has 1 aliphatic rings. The van der Waals surface area contributed by atoms with Crippen molar-refractivity contribution in [1.29, 1.82) is 0 Å². The molecule has 1 saturated heterocycles. The zero-order chi connectivity index (χ0) is 14.1. The lowest BCUT2D eigenvalue weighted by Crippen LogP contribution is -2.58. The van der Waals surface area contributed by atoms with Gasteiger partial charge in [-0.05, 0) is 46.2 Å². The predicted octanol–water partition coefficient (Wildman–Crippen LogP) is 3.44. The topological polar surface area (TPSA) is 41.3 Å². The molecule has 0 amide bonds. The lowest BCUT2D eigenvalue weighted by atomic mass is 9.89. The molecule has 1 unspecified atom stereocenters. The van der Waals surface area contributed by atoms with Crippen molar-refractivity contribution in [3.63, 3.8) is 0 Å². The Kier molecular flexibility index (Phi) is 7.96. The summed E-state index contributed by atoms with van der Waals surface area (Å²) in [6.45, 7) is 9.44. The summed E-state index contributed by atoms with van der Waals surface area (Å²) < 4.78 is 0. The molecule has 3 nitrogen and oxygen atoms in total. The van der Waals surface area contributed by atoms with E-state index in [-0.39, 0.29) is 5.54 Å². The molecule has 0 aromatic heterocycles. The van der Waals surface area contributed by atoms with Crippen molar-refractivity contribution in [2.45, 2.75) is 90.1 Å². The van der Waals surface area contributed by atoms with E-state index in [0.717, 1.165) is 0 Å². The fraction of sp³-hybridized carbons (Fsp3) is 1.00. The number of nitrogens with one attached hydrogen (secondary N) is 1. The molecule has 3 N–H and O–H groups in total. The number of hydrazine groups is 1. The highest BCUT2D eigenvalue weighted by Crippen LogP contribution is 2.26. The molecule has 1 rings (SSSR count). The first-order chi connectivity index (χ1) is 9.12. The lowest BCUT2D eigenvalue weighted by molar-refractivity contribution is 0.101. The maximum absolute atomic E-state index is 5.81. The fourth-order valence-corrected chi connectivity index (χ4v) is 3.28. The van der Waals surface area contributed by atoms with Crippen LogP contribution in [0.3, 0.4) is 0 Å². The molecule has 3 heteroatoms. The largest absolute Gasteiger partial charge is 0.297 e. The zero-order valence-corrected chi connectivity index (χ0v) is 13.4. The molecular weight excluding hydrogens is 234 g/mol. The third-order valence-electron chi connectivity index (χ3n) is 4.82. The van der Waals surface area contributed by atoms with Crippen LogP contribution in [-0.4, -0.2) is 29.6 Å². The molecule has 0 bridgehead atoms. The van der Waals surface area contributed by atoms with Crippen LogP contribution < -0.4 is 11.3 Å². The van der Waals surface area contributed by atoms with Crippen molar-refractivity contribution >= 4 is 0 Å². The van der Waals surface area contributed by atoms with E-state index in [1.54, 1.807) is 0 Å². The van der Waals surface area contributed by atoms with Gasteiger partial charge in [-0.25, -0.2) is 0 Å². The van der Waals surface area contributed by atoms with Crippen LogP contribution in [0.25, 0.3) is 0 Å². The molecule has 1 heterocycles. The number of unbranched alkanes of at least 4 members (excludes halogenated alkanes) is 5. The average Bonchev–Trinajstić information content (AvgIpc) is 2.92. The molecule has 19 heavy (non-hydrogen) atoms. The van der Waals surface area contributed by atoms with E-state index in [1.807, 2.05) is 0 Å². The minimum Gasteiger partial charge on any atom is -0.297 e. The summed E-state index contributed by atoms with van der Waals surface area (Å²) in [4.78, 5) is 2.61. The van der Waals surface area contributed by atoms with Crippen molar-refractivity contribution in [1.82, 2.24) is 10.3 Å². The Bertz CT molecular complexity index is 222. The fourth-order valence-electron chi connectivity index (χ4n) is 3.28. The normalized spacial score (nSPS) is 18.9. The van der Waals surface area contributed by atoms with E-state index >= 15 is 0 Å². The summed E-state index contributed by atoms with van der Waals surface area (Å²) in [6, 6.07) is 0.414. The van der Waals surface area contributed by atoms with Crippen LogP contribution in [0.15, 0.2) is 0 Å². The Hall–Kier alpha value is -0.120. The van der Waals surface area contributed by atoms with Gasteiger partial charge in [-0.2, -0.15) is 0 Å². The summed E-state index contributed by atoms with van der Waals surface area (Å²) >= 11 is 0. The van der Waals surface area contributed by atoms with Crippen LogP contribution >= 0.6 is 0 Å². The molecule has 0 aromatic carbocycles. The monoisotopic (exact) mass is 269 g/mol. The van der Waals surface area contributed by atoms with Gasteiger partial charge in [-0.3, -0.25) is 16.2 Å². The molecule has 0 saturated carbocycles. The Morgan fingerprint density at radius 1 is 1.05 bits per heavy atom. The lowest BCUT2D eigenvalue weighted by Gasteiger charge is -2.42. The van der Waals surface area contributed by atoms with E-state index in [9.17, 15) is 0 Å². The number of hydrogen-bond acceptors (Lipinski definition) is 3. The second-order valence-corrected chi connectivity index (χ2v) is 6.62. The quantitative estimate of drug-likeness (QED) is 0.363. The Morgan fingerprint density at radius 3 is 2.21 bits per heavy atom. The average molecular weight is 269 g/mol. The Labute approximate surface area is 120 Å². The van der Waals surface area contributed by atoms with Crippen molar-refractivity contribution in [2.75, 3.05) is 13.1 Å². The third-order valence-corrected chi connectivity index (χ3v) is 4.82. The highest BCUT2D eigenvalue weighted by Gasteiger charge is 2.35.